The fraction of sp³-hybridized carbons (Fsp3) is 0.450. The number of nitrogens with zero attached hydrogens (tertiary/aromatic N) is 2. The lowest BCUT2D eigenvalue weighted by molar-refractivity contribution is 0.0981. The summed E-state index contributed by atoms with van der Waals surface area (Å²) >= 11 is 3.24. The van der Waals surface area contributed by atoms with E-state index >= 15 is 0 Å². The van der Waals surface area contributed by atoms with Crippen LogP contribution in [0.5, 0.6) is 0 Å². The van der Waals surface area contributed by atoms with Crippen molar-refractivity contribution in [1.82, 2.24) is 9.55 Å². The second-order valence-electron chi connectivity index (χ2n) is 7.26. The van der Waals surface area contributed by atoms with Crippen molar-refractivity contribution in [3.05, 3.63) is 54.9 Å². The molecular formula is C20H26BrFN4O3. The predicted molar refractivity (Wildman–Crippen MR) is 116 cm³/mol. The molecule has 2 aromatic rings. The molecule has 9 heteroatoms. The third-order valence-electron chi connectivity index (χ3n) is 4.55. The minimum Gasteiger partial charge on any atom is -0.383 e. The average molecular weight is 469 g/mol. The first-order valence-electron chi connectivity index (χ1n) is 9.56. The van der Waals surface area contributed by atoms with Gasteiger partial charge in [0.1, 0.15) is 11.6 Å². The minimum atomic E-state index is -0.771. The normalized spacial score (nSPS) is 11.1. The van der Waals surface area contributed by atoms with Gasteiger partial charge >= 0.3 is 5.69 Å². The van der Waals surface area contributed by atoms with Crippen molar-refractivity contribution in [2.24, 2.45) is 5.92 Å². The first kappa shape index (κ1) is 22.9. The topological polar surface area (TPSA) is 101 Å². The molecule has 158 valence electrons. The van der Waals surface area contributed by atoms with E-state index < -0.39 is 23.0 Å². The van der Waals surface area contributed by atoms with Gasteiger partial charge in [-0.15, -0.1) is 0 Å². The molecule has 0 unspecified atom stereocenters. The number of amides is 1. The molecule has 7 nitrogen and oxygen atoms in total. The first-order chi connectivity index (χ1) is 13.7. The fourth-order valence-corrected chi connectivity index (χ4v) is 3.25. The molecule has 0 spiro atoms. The summed E-state index contributed by atoms with van der Waals surface area (Å²) in [6, 6.07) is 4.02. The Kier molecular flexibility index (Phi) is 7.78. The highest BCUT2D eigenvalue weighted by Crippen LogP contribution is 2.24. The third kappa shape index (κ3) is 5.35. The number of carbonyl (C=O) groups is 1. The van der Waals surface area contributed by atoms with E-state index in [0.717, 1.165) is 6.42 Å². The maximum Gasteiger partial charge on any atom is 0.330 e. The highest BCUT2D eigenvalue weighted by atomic mass is 79.9. The summed E-state index contributed by atoms with van der Waals surface area (Å²) in [5.74, 6) is -1.27. The molecule has 0 bridgehead atoms. The van der Waals surface area contributed by atoms with Crippen LogP contribution in [-0.4, -0.2) is 22.0 Å². The highest BCUT2D eigenvalue weighted by molar-refractivity contribution is 9.10. The molecule has 0 saturated heterocycles. The highest BCUT2D eigenvalue weighted by Gasteiger charge is 2.27. The van der Waals surface area contributed by atoms with Gasteiger partial charge in [0.15, 0.2) is 5.69 Å². The number of nitrogens with one attached hydrogen (secondary N) is 1. The first-order valence-corrected chi connectivity index (χ1v) is 10.4. The number of rotatable bonds is 8. The fourth-order valence-electron chi connectivity index (χ4n) is 2.89. The van der Waals surface area contributed by atoms with E-state index in [4.69, 9.17) is 5.73 Å². The summed E-state index contributed by atoms with van der Waals surface area (Å²) in [7, 11) is 0. The number of nitrogens with two attached hydrogens (primary N) is 1. The van der Waals surface area contributed by atoms with Gasteiger partial charge in [0.2, 0.25) is 0 Å². The van der Waals surface area contributed by atoms with Crippen molar-refractivity contribution < 1.29 is 9.18 Å². The molecular weight excluding hydrogens is 443 g/mol. The van der Waals surface area contributed by atoms with E-state index in [1.54, 1.807) is 0 Å². The second-order valence-corrected chi connectivity index (χ2v) is 8.18. The second kappa shape index (κ2) is 9.87. The lowest BCUT2D eigenvalue weighted by Gasteiger charge is -2.25. The zero-order valence-corrected chi connectivity index (χ0v) is 18.4. The summed E-state index contributed by atoms with van der Waals surface area (Å²) in [5, 5.41) is 0. The molecule has 1 amide bonds. The van der Waals surface area contributed by atoms with Gasteiger partial charge in [-0.1, -0.05) is 43.1 Å². The van der Waals surface area contributed by atoms with Crippen LogP contribution < -0.4 is 21.9 Å². The molecule has 3 N–H and O–H groups in total. The van der Waals surface area contributed by atoms with Crippen LogP contribution in [-0.2, 0) is 6.54 Å². The lowest BCUT2D eigenvalue weighted by atomic mass is 10.1. The Bertz CT molecular complexity index is 1000. The van der Waals surface area contributed by atoms with Gasteiger partial charge < -0.3 is 10.6 Å². The number of aromatic amines is 1. The monoisotopic (exact) mass is 468 g/mol. The number of benzene rings is 1. The number of anilines is 2. The SMILES string of the molecule is CCCCn1c(N)c(N(CCC(C)C)C(=O)c2cc(Br)ccc2F)c(=O)[nH]c1=O. The zero-order valence-electron chi connectivity index (χ0n) is 16.8. The van der Waals surface area contributed by atoms with Crippen molar-refractivity contribution >= 4 is 33.3 Å². The van der Waals surface area contributed by atoms with E-state index in [0.29, 0.717) is 23.9 Å². The van der Waals surface area contributed by atoms with Gasteiger partial charge in [-0.2, -0.15) is 0 Å². The molecule has 0 aliphatic carbocycles. The van der Waals surface area contributed by atoms with Crippen LogP contribution in [0.15, 0.2) is 32.3 Å². The van der Waals surface area contributed by atoms with Crippen molar-refractivity contribution in [1.29, 1.82) is 0 Å². The Morgan fingerprint density at radius 3 is 2.66 bits per heavy atom. The summed E-state index contributed by atoms with van der Waals surface area (Å²) in [6.07, 6.45) is 2.06. The van der Waals surface area contributed by atoms with Gasteiger partial charge in [0, 0.05) is 17.6 Å². The summed E-state index contributed by atoms with van der Waals surface area (Å²) in [4.78, 5) is 41.4. The minimum absolute atomic E-state index is 0.0975. The quantitative estimate of drug-likeness (QED) is 0.618. The Morgan fingerprint density at radius 1 is 1.34 bits per heavy atom. The molecule has 1 aromatic heterocycles. The number of carbonyl (C=O) groups excluding carboxylic acids is 1. The van der Waals surface area contributed by atoms with Crippen molar-refractivity contribution in [3.63, 3.8) is 0 Å². The summed E-state index contributed by atoms with van der Waals surface area (Å²) < 4.78 is 16.1. The smallest absolute Gasteiger partial charge is 0.330 e. The Morgan fingerprint density at radius 2 is 2.03 bits per heavy atom. The van der Waals surface area contributed by atoms with Crippen LogP contribution >= 0.6 is 15.9 Å². The number of halogens is 2. The Hall–Kier alpha value is -2.42. The van der Waals surface area contributed by atoms with Crippen molar-refractivity contribution in [3.8, 4) is 0 Å². The van der Waals surface area contributed by atoms with E-state index in [-0.39, 0.29) is 29.5 Å². The maximum atomic E-state index is 14.4. The van der Waals surface area contributed by atoms with Crippen LogP contribution in [0.25, 0.3) is 0 Å². The standard InChI is InChI=1S/C20H26BrFN4O3/c1-4-5-9-26-17(23)16(18(27)24-20(26)29)25(10-8-12(2)3)19(28)14-11-13(21)6-7-15(14)22/h6-7,11-12H,4-5,8-10,23H2,1-3H3,(H,24,27,29). The van der Waals surface area contributed by atoms with Crippen LogP contribution in [0.3, 0.4) is 0 Å². The van der Waals surface area contributed by atoms with E-state index in [2.05, 4.69) is 20.9 Å². The maximum absolute atomic E-state index is 14.4. The summed E-state index contributed by atoms with van der Waals surface area (Å²) in [6.45, 7) is 6.36. The van der Waals surface area contributed by atoms with Crippen molar-refractivity contribution in [2.45, 2.75) is 46.6 Å². The Balaban J connectivity index is 2.64. The van der Waals surface area contributed by atoms with E-state index in [1.807, 2.05) is 20.8 Å². The van der Waals surface area contributed by atoms with Crippen LogP contribution in [0, 0.1) is 11.7 Å². The van der Waals surface area contributed by atoms with E-state index in [1.165, 1.54) is 27.7 Å². The number of H-pyrrole nitrogens is 1. The number of hydrogen-bond donors (Lipinski definition) is 2. The molecule has 2 rings (SSSR count). The Labute approximate surface area is 176 Å². The molecule has 29 heavy (non-hydrogen) atoms. The number of nitrogen functional groups attached to an aromatic ring is 1. The van der Waals surface area contributed by atoms with Crippen LogP contribution in [0.4, 0.5) is 15.9 Å². The number of hydrogen-bond acceptors (Lipinski definition) is 4. The molecule has 0 aliphatic rings. The number of unbranched alkanes of at least 4 members (excludes halogenated alkanes) is 1. The molecule has 1 heterocycles. The molecule has 1 aromatic carbocycles. The molecule has 0 radical (unpaired) electrons. The van der Waals surface area contributed by atoms with Gasteiger partial charge in [-0.25, -0.2) is 9.18 Å². The average Bonchev–Trinajstić information content (AvgIpc) is 2.65. The molecule has 0 fully saturated rings. The van der Waals surface area contributed by atoms with Crippen LogP contribution in [0.1, 0.15) is 50.4 Å². The van der Waals surface area contributed by atoms with Crippen LogP contribution in [0.2, 0.25) is 0 Å². The van der Waals surface area contributed by atoms with E-state index in [9.17, 15) is 18.8 Å². The van der Waals surface area contributed by atoms with Gasteiger partial charge in [0.05, 0.1) is 5.56 Å². The predicted octanol–water partition coefficient (Wildman–Crippen LogP) is 3.51. The van der Waals surface area contributed by atoms with Gasteiger partial charge in [-0.05, 0) is 37.0 Å². The molecule has 0 aliphatic heterocycles. The molecule has 0 atom stereocenters. The lowest BCUT2D eigenvalue weighted by Crippen LogP contribution is -2.42. The molecule has 0 saturated carbocycles. The van der Waals surface area contributed by atoms with Gasteiger partial charge in [0.25, 0.3) is 11.5 Å². The third-order valence-corrected chi connectivity index (χ3v) is 5.05. The van der Waals surface area contributed by atoms with Crippen molar-refractivity contribution in [2.75, 3.05) is 17.2 Å². The zero-order chi connectivity index (χ0) is 21.7. The number of aromatic nitrogens is 2. The van der Waals surface area contributed by atoms with Gasteiger partial charge in [-0.3, -0.25) is 19.1 Å². The largest absolute Gasteiger partial charge is 0.383 e. The summed E-state index contributed by atoms with van der Waals surface area (Å²) in [5.41, 5.74) is 4.44.